The smallest absolute Gasteiger partial charge is 0.414 e. The average molecular weight is 1880 g/mol. The number of allylic oxidation sites excluding steroid dienone is 4. The second-order valence-corrected chi connectivity index (χ2v) is 31.0. The van der Waals surface area contributed by atoms with E-state index in [2.05, 4.69) is 20.7 Å². The lowest BCUT2D eigenvalue weighted by Gasteiger charge is -2.25. The van der Waals surface area contributed by atoms with Crippen molar-refractivity contribution < 1.29 is 153 Å². The summed E-state index contributed by atoms with van der Waals surface area (Å²) in [5.74, 6) is -17.7. The summed E-state index contributed by atoms with van der Waals surface area (Å²) in [7, 11) is 0. The maximum Gasteiger partial charge on any atom is 0.414 e. The molecule has 8 aliphatic rings. The van der Waals surface area contributed by atoms with Crippen LogP contribution in [0.25, 0.3) is 0 Å². The number of esters is 2. The van der Waals surface area contributed by atoms with Gasteiger partial charge >= 0.3 is 48.5 Å². The van der Waals surface area contributed by atoms with E-state index in [0.717, 1.165) is 71.3 Å². The molecule has 132 heavy (non-hydrogen) atoms. The van der Waals surface area contributed by atoms with Gasteiger partial charge in [-0.1, -0.05) is 58.5 Å². The number of epoxide rings is 1. The lowest BCUT2D eigenvalue weighted by Crippen LogP contribution is -2.38. The lowest BCUT2D eigenvalue weighted by atomic mass is 10.1. The summed E-state index contributed by atoms with van der Waals surface area (Å²) >= 11 is 0. The number of nitrogens with zero attached hydrogens (tertiary/aromatic N) is 7. The van der Waals surface area contributed by atoms with Gasteiger partial charge in [0.1, 0.15) is 58.9 Å². The monoisotopic (exact) mass is 1870 g/mol. The minimum atomic E-state index is -1.49. The molecule has 0 aliphatic carbocycles. The van der Waals surface area contributed by atoms with E-state index < -0.39 is 187 Å². The molecule has 0 radical (unpaired) electrons. The lowest BCUT2D eigenvalue weighted by molar-refractivity contribution is -0.159. The summed E-state index contributed by atoms with van der Waals surface area (Å²) < 4.78 is 213. The quantitative estimate of drug-likeness (QED) is 0.0121. The van der Waals surface area contributed by atoms with E-state index in [9.17, 15) is 115 Å². The van der Waals surface area contributed by atoms with Gasteiger partial charge in [-0.25, -0.2) is 81.5 Å². The molecule has 0 spiro atoms. The zero-order valence-corrected chi connectivity index (χ0v) is 72.1. The number of ether oxygens (including phenoxy) is 8. The molecule has 8 aliphatic heterocycles. The Morgan fingerprint density at radius 2 is 0.758 bits per heavy atom. The number of anilines is 8. The normalized spacial score (nSPS) is 17.7. The van der Waals surface area contributed by atoms with Gasteiger partial charge in [-0.3, -0.25) is 53.6 Å². The van der Waals surface area contributed by atoms with E-state index >= 15 is 0 Å². The fourth-order valence-corrected chi connectivity index (χ4v) is 12.2. The van der Waals surface area contributed by atoms with Gasteiger partial charge in [-0.05, 0) is 71.4 Å². The maximum absolute atomic E-state index is 14.7. The average Bonchev–Trinajstić information content (AvgIpc) is 1.02. The van der Waals surface area contributed by atoms with E-state index in [1.165, 1.54) is 24.8 Å². The molecule has 4 fully saturated rings. The van der Waals surface area contributed by atoms with Gasteiger partial charge in [0.2, 0.25) is 5.91 Å². The van der Waals surface area contributed by atoms with Crippen molar-refractivity contribution in [2.75, 3.05) is 118 Å². The van der Waals surface area contributed by atoms with Crippen molar-refractivity contribution in [2.45, 2.75) is 157 Å². The number of halogens is 12. The number of carbonyl (C=O) groups excluding carboxylic acids is 13. The van der Waals surface area contributed by atoms with Gasteiger partial charge in [0.25, 0.3) is 0 Å². The first-order chi connectivity index (χ1) is 61.8. The first kappa shape index (κ1) is 105. The number of alkyl carbamates (subject to hydrolysis) is 2. The molecule has 716 valence electrons. The van der Waals surface area contributed by atoms with E-state index in [-0.39, 0.29) is 166 Å². The minimum absolute atomic E-state index is 0. The Hall–Kier alpha value is -13.8. The van der Waals surface area contributed by atoms with Gasteiger partial charge < -0.3 is 79.2 Å². The number of hydrogen-bond acceptors (Lipinski definition) is 26. The zero-order valence-electron chi connectivity index (χ0n) is 72.1. The standard InChI is InChI=1S/C20H22F3N3O5.C19H15F3N2O3.C18H18F3N3O4.C15H14F3N3O3.C8H15NO3.C6H10O3.CH4/c1-20(2,3)31-18(28)24-9-12-10-26(19(29)30-12)14-8-13(21)17(16(23)15(14)22)25-6-4-11(27)5-7-25;20-14-10-15(23-19(26)27-11-12-4-2-1-3-5-12)16(21)17(22)18(14)24-8-6-13(25)7-9-24;1-2-14(26)22-8-11-9-24(18(27)28-11)13-7-12(19)17(16(21)15(13)20)23-5-3-10(25)4-6-23;16-10-5-11(21-7-9(6-19)24-15(21)23)12(17)13(18)14(10)20-3-1-8(22)2-4-20;1-8(2,3)12-7(10)9-4-6-5-11-6;1-3-5(7)9-6(8)4-2;/h4,6,8,12H,5,7,9-10H2,1-3H3,(H,24,28);1-6,8,10H,7,9,11H2,(H,23,26);3,5,7,11H,2,4,6,8-9H2,1H3,(H,22,26);1,3,5,9H,2,4,6-7,19H2;6H,4-5H2,1-3H3,(H,9,10);3-4H2,1-2H3;1H4/t12-;;11-;9-;6-;;/m0.000../s1. The number of benzene rings is 5. The van der Waals surface area contributed by atoms with Gasteiger partial charge in [0.15, 0.2) is 92.9 Å². The zero-order chi connectivity index (χ0) is 96.6. The molecule has 4 atom stereocenters. The second kappa shape index (κ2) is 47.7. The van der Waals surface area contributed by atoms with Gasteiger partial charge in [0, 0.05) is 133 Å². The highest BCUT2D eigenvalue weighted by atomic mass is 19.2. The van der Waals surface area contributed by atoms with Crippen LogP contribution in [0, 0.1) is 69.8 Å². The van der Waals surface area contributed by atoms with Crippen molar-refractivity contribution in [3.05, 3.63) is 179 Å². The van der Waals surface area contributed by atoms with Crippen LogP contribution in [-0.2, 0) is 78.1 Å². The third-order valence-electron chi connectivity index (χ3n) is 18.8. The number of cyclic esters (lactones) is 3. The first-order valence-corrected chi connectivity index (χ1v) is 40.6. The number of ketones is 4. The third-order valence-corrected chi connectivity index (χ3v) is 18.8. The molecule has 0 aromatic heterocycles. The summed E-state index contributed by atoms with van der Waals surface area (Å²) in [6, 6.07) is 11.6. The Kier molecular flexibility index (Phi) is 38.1. The van der Waals surface area contributed by atoms with Gasteiger partial charge in [0.05, 0.1) is 68.2 Å². The summed E-state index contributed by atoms with van der Waals surface area (Å²) in [6.07, 6.45) is 3.16. The predicted molar refractivity (Wildman–Crippen MR) is 452 cm³/mol. The highest BCUT2D eigenvalue weighted by Gasteiger charge is 2.41. The summed E-state index contributed by atoms with van der Waals surface area (Å²) in [5.41, 5.74) is -0.0286. The Balaban J connectivity index is 0.000000224. The Labute approximate surface area is 749 Å². The molecule has 33 nitrogen and oxygen atoms in total. The molecular formula is C87H98F12N12O21. The number of carbonyl (C=O) groups is 13. The number of rotatable bonds is 20. The van der Waals surface area contributed by atoms with E-state index in [4.69, 9.17) is 38.9 Å². The van der Waals surface area contributed by atoms with Crippen LogP contribution in [0.4, 0.5) is 127 Å². The first-order valence-electron chi connectivity index (χ1n) is 40.6. The highest BCUT2D eigenvalue weighted by molar-refractivity contribution is 5.96. The Morgan fingerprint density at radius 3 is 1.07 bits per heavy atom. The van der Waals surface area contributed by atoms with Crippen LogP contribution < -0.4 is 61.3 Å². The van der Waals surface area contributed by atoms with Crippen LogP contribution in [0.2, 0.25) is 0 Å². The molecule has 5 aromatic carbocycles. The van der Waals surface area contributed by atoms with Crippen molar-refractivity contribution in [1.29, 1.82) is 0 Å². The number of amides is 7. The molecule has 13 rings (SSSR count). The molecule has 8 heterocycles. The largest absolute Gasteiger partial charge is 0.444 e. The Morgan fingerprint density at radius 1 is 0.432 bits per heavy atom. The van der Waals surface area contributed by atoms with Crippen molar-refractivity contribution >= 4 is 123 Å². The fraction of sp³-hybridized carbons (Fsp3) is 0.414. The fourth-order valence-electron chi connectivity index (χ4n) is 12.2. The van der Waals surface area contributed by atoms with E-state index in [1.54, 1.807) is 71.9 Å². The number of nitrogens with two attached hydrogens (primary N) is 1. The molecule has 4 saturated heterocycles. The van der Waals surface area contributed by atoms with Crippen LogP contribution in [0.1, 0.15) is 120 Å². The van der Waals surface area contributed by atoms with Crippen LogP contribution in [0.15, 0.2) is 104 Å². The topological polar surface area (TPSA) is 396 Å². The van der Waals surface area contributed by atoms with Crippen LogP contribution in [0.3, 0.4) is 0 Å². The molecule has 0 saturated carbocycles. The molecule has 6 N–H and O–H groups in total. The minimum Gasteiger partial charge on any atom is -0.444 e. The number of hydrogen-bond donors (Lipinski definition) is 5. The molecule has 5 aromatic rings. The van der Waals surface area contributed by atoms with Crippen molar-refractivity contribution in [1.82, 2.24) is 16.0 Å². The molecule has 45 heteroatoms. The van der Waals surface area contributed by atoms with E-state index in [1.807, 2.05) is 26.1 Å². The van der Waals surface area contributed by atoms with Gasteiger partial charge in [-0.15, -0.1) is 0 Å². The summed E-state index contributed by atoms with van der Waals surface area (Å²) in [5, 5.41) is 9.56. The molecular weight excluding hydrogens is 1780 g/mol. The highest BCUT2D eigenvalue weighted by Crippen LogP contribution is 2.40. The molecule has 7 amide bonds. The summed E-state index contributed by atoms with van der Waals surface area (Å²) in [6.45, 7) is 16.1. The SMILES string of the molecule is C.CC(C)(C)OC(=O)NC[C@H]1CN(c2cc(F)c(N3C=CC(=O)CC3)c(F)c2F)C(=O)O1.CC(C)(C)OC(=O)NC[C@H]1CO1.CCC(=O)NC[C@H]1CN(c2cc(F)c(N3C=CC(=O)CC3)c(F)c2F)C(=O)O1.CCC(=O)OC(=O)CC.NC[C@H]1CN(c2cc(F)c(N3C=CC(=O)CC3)c(F)c2F)C(=O)O1.O=C1C=CN(c2c(F)cc(NC(=O)OCc3ccccc3)c(F)c2F)CC1. The Bertz CT molecular complexity index is 5230. The van der Waals surface area contributed by atoms with Crippen LogP contribution >= 0.6 is 0 Å². The molecule has 0 bridgehead atoms. The van der Waals surface area contributed by atoms with Crippen molar-refractivity contribution in [2.24, 2.45) is 5.73 Å². The predicted octanol–water partition coefficient (Wildman–Crippen LogP) is 13.7. The maximum atomic E-state index is 14.7. The van der Waals surface area contributed by atoms with Crippen LogP contribution in [0.5, 0.6) is 0 Å². The summed E-state index contributed by atoms with van der Waals surface area (Å²) in [4.78, 5) is 154. The van der Waals surface area contributed by atoms with E-state index in [0.29, 0.717) is 30.3 Å². The third kappa shape index (κ3) is 29.9. The second-order valence-electron chi connectivity index (χ2n) is 31.0. The van der Waals surface area contributed by atoms with Crippen molar-refractivity contribution in [3.8, 4) is 0 Å². The van der Waals surface area contributed by atoms with Gasteiger partial charge in [-0.2, -0.15) is 0 Å². The van der Waals surface area contributed by atoms with Crippen molar-refractivity contribution in [3.63, 3.8) is 0 Å². The number of nitrogens with one attached hydrogen (secondary N) is 4. The van der Waals surface area contributed by atoms with Crippen LogP contribution in [-0.4, -0.2) is 192 Å². The molecule has 0 unspecified atom stereocenters.